The summed E-state index contributed by atoms with van der Waals surface area (Å²) in [6.45, 7) is 1.74. The average molecular weight is 342 g/mol. The fraction of sp³-hybridized carbons (Fsp3) is 0.389. The first-order chi connectivity index (χ1) is 11.2. The third-order valence-electron chi connectivity index (χ3n) is 5.46. The van der Waals surface area contributed by atoms with E-state index in [0.29, 0.717) is 11.8 Å². The van der Waals surface area contributed by atoms with Gasteiger partial charge in [-0.05, 0) is 36.8 Å². The van der Waals surface area contributed by atoms with Crippen molar-refractivity contribution in [3.63, 3.8) is 0 Å². The second kappa shape index (κ2) is 5.03. The van der Waals surface area contributed by atoms with Gasteiger partial charge in [-0.2, -0.15) is 0 Å². The molecular formula is C18H18N2OS2. The predicted molar refractivity (Wildman–Crippen MR) is 97.3 cm³/mol. The quantitative estimate of drug-likeness (QED) is 0.728. The summed E-state index contributed by atoms with van der Waals surface area (Å²) in [5.74, 6) is 1.33. The Hall–Kier alpha value is -1.43. The molecule has 5 heteroatoms. The highest BCUT2D eigenvalue weighted by atomic mass is 32.1. The predicted octanol–water partition coefficient (Wildman–Crippen LogP) is 3.93. The van der Waals surface area contributed by atoms with Crippen molar-refractivity contribution in [3.8, 4) is 0 Å². The fourth-order valence-corrected chi connectivity index (χ4v) is 6.73. The van der Waals surface area contributed by atoms with Gasteiger partial charge < -0.3 is 10.6 Å². The van der Waals surface area contributed by atoms with E-state index in [1.54, 1.807) is 22.7 Å². The van der Waals surface area contributed by atoms with E-state index in [1.807, 2.05) is 4.90 Å². The number of hydrogen-bond acceptors (Lipinski definition) is 4. The van der Waals surface area contributed by atoms with Crippen LogP contribution in [-0.4, -0.2) is 29.9 Å². The summed E-state index contributed by atoms with van der Waals surface area (Å²) in [6, 6.07) is 10.8. The molecule has 0 bridgehead atoms. The number of thiophene rings is 2. The monoisotopic (exact) mass is 342 g/mol. The fourth-order valence-electron chi connectivity index (χ4n) is 4.23. The molecule has 1 amide bonds. The molecule has 23 heavy (non-hydrogen) atoms. The van der Waals surface area contributed by atoms with E-state index in [-0.39, 0.29) is 11.9 Å². The van der Waals surface area contributed by atoms with Crippen molar-refractivity contribution in [2.24, 2.45) is 17.6 Å². The first-order valence-corrected chi connectivity index (χ1v) is 9.80. The van der Waals surface area contributed by atoms with E-state index in [2.05, 4.69) is 30.3 Å². The number of likely N-dealkylation sites (tertiary alicyclic amines) is 1. The summed E-state index contributed by atoms with van der Waals surface area (Å²) >= 11 is 3.42. The van der Waals surface area contributed by atoms with Gasteiger partial charge in [0.1, 0.15) is 0 Å². The van der Waals surface area contributed by atoms with Crippen LogP contribution in [0.5, 0.6) is 0 Å². The standard InChI is InChI=1S/C18H18N2OS2/c19-13-6-5-10-8-20(9-12(10)13)18(21)16-7-15-17(23-16)11-3-1-2-4-14(11)22-15/h1-4,7,10,12-13H,5-6,8-9,19H2. The molecule has 1 aliphatic heterocycles. The molecule has 3 aromatic rings. The van der Waals surface area contributed by atoms with Crippen molar-refractivity contribution in [2.75, 3.05) is 13.1 Å². The van der Waals surface area contributed by atoms with Crippen LogP contribution in [0.4, 0.5) is 0 Å². The largest absolute Gasteiger partial charge is 0.337 e. The maximum atomic E-state index is 12.9. The lowest BCUT2D eigenvalue weighted by molar-refractivity contribution is 0.0784. The molecule has 2 aromatic heterocycles. The topological polar surface area (TPSA) is 46.3 Å². The number of hydrogen-bond donors (Lipinski definition) is 1. The molecule has 3 atom stereocenters. The minimum atomic E-state index is 0.198. The molecular weight excluding hydrogens is 324 g/mol. The Morgan fingerprint density at radius 2 is 2.00 bits per heavy atom. The Labute approximate surface area is 142 Å². The van der Waals surface area contributed by atoms with Gasteiger partial charge in [0.15, 0.2) is 0 Å². The summed E-state index contributed by atoms with van der Waals surface area (Å²) in [5.41, 5.74) is 6.19. The molecule has 3 heterocycles. The Kier molecular flexibility index (Phi) is 3.05. The van der Waals surface area contributed by atoms with Crippen LogP contribution in [0.15, 0.2) is 30.3 Å². The van der Waals surface area contributed by atoms with Crippen molar-refractivity contribution in [3.05, 3.63) is 35.2 Å². The number of fused-ring (bicyclic) bond motifs is 4. The molecule has 0 radical (unpaired) electrons. The van der Waals surface area contributed by atoms with Gasteiger partial charge in [-0.3, -0.25) is 4.79 Å². The second-order valence-electron chi connectivity index (χ2n) is 6.78. The van der Waals surface area contributed by atoms with Crippen LogP contribution < -0.4 is 5.73 Å². The van der Waals surface area contributed by atoms with E-state index in [0.717, 1.165) is 24.4 Å². The van der Waals surface area contributed by atoms with E-state index in [9.17, 15) is 4.79 Å². The minimum Gasteiger partial charge on any atom is -0.337 e. The highest BCUT2D eigenvalue weighted by molar-refractivity contribution is 7.33. The van der Waals surface area contributed by atoms with Crippen LogP contribution in [0, 0.1) is 11.8 Å². The Bertz CT molecular complexity index is 912. The minimum absolute atomic E-state index is 0.198. The summed E-state index contributed by atoms with van der Waals surface area (Å²) in [6.07, 6.45) is 2.30. The first-order valence-electron chi connectivity index (χ1n) is 8.16. The molecule has 0 spiro atoms. The number of carbonyl (C=O) groups excluding carboxylic acids is 1. The normalized spacial score (nSPS) is 27.2. The molecule has 2 fully saturated rings. The zero-order valence-electron chi connectivity index (χ0n) is 12.7. The highest BCUT2D eigenvalue weighted by Gasteiger charge is 2.42. The van der Waals surface area contributed by atoms with Crippen LogP contribution in [0.25, 0.3) is 19.5 Å². The third kappa shape index (κ3) is 2.07. The van der Waals surface area contributed by atoms with E-state index >= 15 is 0 Å². The average Bonchev–Trinajstić information content (AvgIpc) is 3.27. The third-order valence-corrected chi connectivity index (χ3v) is 7.86. The van der Waals surface area contributed by atoms with Crippen molar-refractivity contribution in [1.82, 2.24) is 4.90 Å². The first kappa shape index (κ1) is 14.0. The van der Waals surface area contributed by atoms with Gasteiger partial charge >= 0.3 is 0 Å². The lowest BCUT2D eigenvalue weighted by Gasteiger charge is -2.17. The SMILES string of the molecule is NC1CCC2CN(C(=O)c3cc4sc5ccccc5c4s3)CC12. The molecule has 1 aliphatic carbocycles. The van der Waals surface area contributed by atoms with Crippen molar-refractivity contribution < 1.29 is 4.79 Å². The van der Waals surface area contributed by atoms with Gasteiger partial charge in [0.05, 0.1) is 9.58 Å². The lowest BCUT2D eigenvalue weighted by atomic mass is 9.98. The molecule has 118 valence electrons. The van der Waals surface area contributed by atoms with Gasteiger partial charge in [-0.1, -0.05) is 18.2 Å². The molecule has 1 saturated heterocycles. The van der Waals surface area contributed by atoms with Crippen molar-refractivity contribution >= 4 is 48.1 Å². The molecule has 5 rings (SSSR count). The molecule has 1 saturated carbocycles. The number of benzene rings is 1. The second-order valence-corrected chi connectivity index (χ2v) is 8.91. The number of amides is 1. The zero-order valence-corrected chi connectivity index (χ0v) is 14.3. The molecule has 2 N–H and O–H groups in total. The van der Waals surface area contributed by atoms with Crippen LogP contribution >= 0.6 is 22.7 Å². The van der Waals surface area contributed by atoms with E-state index in [4.69, 9.17) is 5.73 Å². The lowest BCUT2D eigenvalue weighted by Crippen LogP contribution is -2.33. The Balaban J connectivity index is 1.47. The Morgan fingerprint density at radius 1 is 1.13 bits per heavy atom. The van der Waals surface area contributed by atoms with Crippen LogP contribution in [0.2, 0.25) is 0 Å². The zero-order chi connectivity index (χ0) is 15.6. The summed E-state index contributed by atoms with van der Waals surface area (Å²) < 4.78 is 3.79. The number of rotatable bonds is 1. The molecule has 3 unspecified atom stereocenters. The molecule has 3 nitrogen and oxygen atoms in total. The molecule has 2 aliphatic rings. The van der Waals surface area contributed by atoms with E-state index < -0.39 is 0 Å². The number of nitrogens with zero attached hydrogens (tertiary/aromatic N) is 1. The van der Waals surface area contributed by atoms with Gasteiger partial charge in [-0.25, -0.2) is 0 Å². The summed E-state index contributed by atoms with van der Waals surface area (Å²) in [7, 11) is 0. The van der Waals surface area contributed by atoms with Crippen LogP contribution in [0.3, 0.4) is 0 Å². The summed E-state index contributed by atoms with van der Waals surface area (Å²) in [4.78, 5) is 15.8. The van der Waals surface area contributed by atoms with Gasteiger partial charge in [0.25, 0.3) is 5.91 Å². The smallest absolute Gasteiger partial charge is 0.264 e. The number of carbonyl (C=O) groups is 1. The van der Waals surface area contributed by atoms with Crippen molar-refractivity contribution in [2.45, 2.75) is 18.9 Å². The van der Waals surface area contributed by atoms with E-state index in [1.165, 1.54) is 25.9 Å². The number of nitrogens with two attached hydrogens (primary N) is 1. The van der Waals surface area contributed by atoms with Gasteiger partial charge in [0, 0.05) is 33.9 Å². The van der Waals surface area contributed by atoms with Crippen molar-refractivity contribution in [1.29, 1.82) is 0 Å². The summed E-state index contributed by atoms with van der Waals surface area (Å²) in [5, 5.41) is 1.27. The Morgan fingerprint density at radius 3 is 2.87 bits per heavy atom. The molecule has 1 aromatic carbocycles. The van der Waals surface area contributed by atoms with Crippen LogP contribution in [-0.2, 0) is 0 Å². The van der Waals surface area contributed by atoms with Gasteiger partial charge in [-0.15, -0.1) is 22.7 Å². The van der Waals surface area contributed by atoms with Gasteiger partial charge in [0.2, 0.25) is 0 Å². The van der Waals surface area contributed by atoms with Crippen LogP contribution in [0.1, 0.15) is 22.5 Å². The highest BCUT2D eigenvalue weighted by Crippen LogP contribution is 2.41. The maximum Gasteiger partial charge on any atom is 0.264 e. The maximum absolute atomic E-state index is 12.9.